The molecule has 0 heterocycles. The molecule has 0 aliphatic heterocycles. The highest BCUT2D eigenvalue weighted by atomic mass is 28.4. The Balaban J connectivity index is 3.04. The molecule has 0 spiro atoms. The van der Waals surface area contributed by atoms with E-state index in [0.717, 1.165) is 5.57 Å². The van der Waals surface area contributed by atoms with E-state index in [4.69, 9.17) is 6.58 Å². The molecule has 0 unspecified atom stereocenters. The summed E-state index contributed by atoms with van der Waals surface area (Å²) in [6.07, 6.45) is 0. The molecule has 2 rings (SSSR count). The lowest BCUT2D eigenvalue weighted by Crippen LogP contribution is -2.69. The van der Waals surface area contributed by atoms with Gasteiger partial charge in [0.05, 0.1) is 0 Å². The minimum Gasteiger partial charge on any atom is -0.423 e. The van der Waals surface area contributed by atoms with Gasteiger partial charge in [0.15, 0.2) is 0 Å². The fourth-order valence-electron chi connectivity index (χ4n) is 5.94. The zero-order valence-electron chi connectivity index (χ0n) is 32.7. The van der Waals surface area contributed by atoms with Crippen molar-refractivity contribution >= 4 is 49.9 Å². The Hall–Kier alpha value is -1.35. The maximum Gasteiger partial charge on any atom is 0.147 e. The van der Waals surface area contributed by atoms with Crippen LogP contribution in [0.2, 0.25) is 72.5 Å². The largest absolute Gasteiger partial charge is 0.423 e. The van der Waals surface area contributed by atoms with Gasteiger partial charge in [-0.25, -0.2) is 0 Å². The molecule has 0 radical (unpaired) electrons. The highest BCUT2D eigenvalue weighted by Crippen LogP contribution is 2.53. The Bertz CT molecular complexity index is 1170. The highest BCUT2D eigenvalue weighted by molar-refractivity contribution is 7.03. The predicted molar refractivity (Wildman–Crippen MR) is 215 cm³/mol. The molecule has 0 bridgehead atoms. The van der Waals surface area contributed by atoms with Gasteiger partial charge in [0.25, 0.3) is 0 Å². The molecule has 0 aliphatic carbocycles. The monoisotopic (exact) mass is 666 g/mol. The quantitative estimate of drug-likeness (QED) is 0.259. The summed E-state index contributed by atoms with van der Waals surface area (Å²) in [5, 5.41) is 0.819. The summed E-state index contributed by atoms with van der Waals surface area (Å²) in [7, 11) is -7.95. The zero-order valence-corrected chi connectivity index (χ0v) is 36.7. The Morgan fingerprint density at radius 1 is 0.432 bits per heavy atom. The van der Waals surface area contributed by atoms with E-state index in [9.17, 15) is 0 Å². The van der Waals surface area contributed by atoms with E-state index >= 15 is 0 Å². The summed E-state index contributed by atoms with van der Waals surface area (Å²) < 4.78 is 6.01. The lowest BCUT2D eigenvalue weighted by atomic mass is 9.97. The molecule has 0 N–H and O–H groups in total. The predicted octanol–water partition coefficient (Wildman–Crippen LogP) is 13.4. The first-order valence-corrected chi connectivity index (χ1v) is 28.6. The second-order valence-corrected chi connectivity index (χ2v) is 40.6. The molecule has 0 aromatic heterocycles. The molecular formula is C38H70N2Si4. The van der Waals surface area contributed by atoms with Crippen molar-refractivity contribution in [2.24, 2.45) is 0 Å². The average Bonchev–Trinajstić information content (AvgIpc) is 2.81. The summed E-state index contributed by atoms with van der Waals surface area (Å²) in [6.45, 7) is 55.3. The third-order valence-corrected chi connectivity index (χ3v) is 39.3. The van der Waals surface area contributed by atoms with Gasteiger partial charge in [-0.2, -0.15) is 0 Å². The number of hydrogen-bond donors (Lipinski definition) is 0. The zero-order chi connectivity index (χ0) is 34.7. The number of nitrogens with zero attached hydrogens (tertiary/aromatic N) is 2. The molecule has 248 valence electrons. The van der Waals surface area contributed by atoms with Crippen LogP contribution >= 0.6 is 0 Å². The van der Waals surface area contributed by atoms with Crippen molar-refractivity contribution in [1.82, 2.24) is 0 Å². The Morgan fingerprint density at radius 2 is 0.636 bits per heavy atom. The Morgan fingerprint density at radius 3 is 0.841 bits per heavy atom. The second-order valence-electron chi connectivity index (χ2n) is 19.4. The standard InChI is InChI=1S/C38H70N2Si4/c1-30(31-26-22-24-28-33(31)39(41(14,15)35(2,3)4)42(16,17)36(5,6)7)32-27-23-25-29-34(32)40(43(18,19)37(8,9)10)44(20,21)38(11,12)13/h22-29H,1H2,2-21H3. The van der Waals surface area contributed by atoms with Crippen LogP contribution in [0.5, 0.6) is 0 Å². The van der Waals surface area contributed by atoms with Crippen LogP contribution in [0.25, 0.3) is 5.57 Å². The van der Waals surface area contributed by atoms with Crippen LogP contribution in [0.15, 0.2) is 55.1 Å². The van der Waals surface area contributed by atoms with Gasteiger partial charge in [-0.15, -0.1) is 0 Å². The Kier molecular flexibility index (Phi) is 10.6. The third-order valence-electron chi connectivity index (χ3n) is 12.5. The lowest BCUT2D eigenvalue weighted by molar-refractivity contribution is 0.695. The maximum atomic E-state index is 4.97. The summed E-state index contributed by atoms with van der Waals surface area (Å²) in [4.78, 5) is 0. The van der Waals surface area contributed by atoms with E-state index in [0.29, 0.717) is 0 Å². The van der Waals surface area contributed by atoms with E-state index < -0.39 is 32.9 Å². The van der Waals surface area contributed by atoms with Crippen LogP contribution in [0.1, 0.15) is 94.2 Å². The molecule has 6 heteroatoms. The van der Waals surface area contributed by atoms with Crippen LogP contribution in [-0.2, 0) is 0 Å². The van der Waals surface area contributed by atoms with Gasteiger partial charge < -0.3 is 8.46 Å². The number of hydrogen-bond acceptors (Lipinski definition) is 2. The van der Waals surface area contributed by atoms with Crippen molar-refractivity contribution in [1.29, 1.82) is 0 Å². The molecular weight excluding hydrogens is 597 g/mol. The summed E-state index contributed by atoms with van der Waals surface area (Å²) in [5.74, 6) is 0. The van der Waals surface area contributed by atoms with Crippen molar-refractivity contribution < 1.29 is 0 Å². The van der Waals surface area contributed by atoms with E-state index in [2.05, 4.69) is 192 Å². The fraction of sp³-hybridized carbons (Fsp3) is 0.632. The molecule has 0 aliphatic rings. The van der Waals surface area contributed by atoms with Gasteiger partial charge in [0.2, 0.25) is 0 Å². The number of benzene rings is 2. The maximum absolute atomic E-state index is 4.97. The Labute approximate surface area is 279 Å². The van der Waals surface area contributed by atoms with Gasteiger partial charge in [-0.1, -0.05) is 178 Å². The van der Waals surface area contributed by atoms with E-state index in [-0.39, 0.29) is 20.2 Å². The molecule has 0 saturated carbocycles. The molecule has 2 aromatic rings. The lowest BCUT2D eigenvalue weighted by Gasteiger charge is -2.59. The molecule has 0 atom stereocenters. The minimum atomic E-state index is -1.99. The van der Waals surface area contributed by atoms with Crippen molar-refractivity contribution in [3.63, 3.8) is 0 Å². The van der Waals surface area contributed by atoms with Crippen molar-refractivity contribution in [3.05, 3.63) is 66.2 Å². The van der Waals surface area contributed by atoms with Crippen LogP contribution in [0.4, 0.5) is 11.4 Å². The first kappa shape index (κ1) is 38.8. The highest BCUT2D eigenvalue weighted by Gasteiger charge is 2.54. The van der Waals surface area contributed by atoms with Gasteiger partial charge in [0.1, 0.15) is 32.9 Å². The number of anilines is 2. The van der Waals surface area contributed by atoms with Crippen molar-refractivity contribution in [2.75, 3.05) is 8.46 Å². The summed E-state index contributed by atoms with van der Waals surface area (Å²) >= 11 is 0. The van der Waals surface area contributed by atoms with E-state index in [1.807, 2.05) is 0 Å². The molecule has 0 fully saturated rings. The average molecular weight is 667 g/mol. The number of rotatable bonds is 8. The summed E-state index contributed by atoms with van der Waals surface area (Å²) in [5.41, 5.74) is 6.51. The van der Waals surface area contributed by atoms with E-state index in [1.165, 1.54) is 22.5 Å². The van der Waals surface area contributed by atoms with Gasteiger partial charge in [0, 0.05) is 22.5 Å². The topological polar surface area (TPSA) is 6.48 Å². The minimum absolute atomic E-state index is 0.205. The fourth-order valence-corrected chi connectivity index (χ4v) is 27.0. The number of para-hydroxylation sites is 2. The third kappa shape index (κ3) is 6.84. The van der Waals surface area contributed by atoms with Crippen molar-refractivity contribution in [2.45, 2.75) is 156 Å². The smallest absolute Gasteiger partial charge is 0.147 e. The first-order chi connectivity index (χ1) is 19.4. The second kappa shape index (κ2) is 12.0. The van der Waals surface area contributed by atoms with Crippen molar-refractivity contribution in [3.8, 4) is 0 Å². The van der Waals surface area contributed by atoms with Crippen LogP contribution in [-0.4, -0.2) is 32.9 Å². The molecule has 0 amide bonds. The molecule has 44 heavy (non-hydrogen) atoms. The molecule has 2 aromatic carbocycles. The molecule has 2 nitrogen and oxygen atoms in total. The van der Waals surface area contributed by atoms with Gasteiger partial charge in [-0.05, 0) is 37.9 Å². The van der Waals surface area contributed by atoms with Gasteiger partial charge >= 0.3 is 0 Å². The molecule has 0 saturated heterocycles. The first-order valence-electron chi connectivity index (χ1n) is 16.8. The SMILES string of the molecule is C=C(c1ccccc1N([Si](C)(C)C(C)(C)C)[Si](C)(C)C(C)(C)C)c1ccccc1N([Si](C)(C)C(C)(C)C)[Si](C)(C)C(C)(C)C. The normalized spacial score (nSPS) is 14.5. The summed E-state index contributed by atoms with van der Waals surface area (Å²) in [6, 6.07) is 18.5. The van der Waals surface area contributed by atoms with Crippen LogP contribution < -0.4 is 8.46 Å². The van der Waals surface area contributed by atoms with Crippen LogP contribution in [0, 0.1) is 0 Å². The van der Waals surface area contributed by atoms with Gasteiger partial charge in [-0.3, -0.25) is 0 Å². The van der Waals surface area contributed by atoms with E-state index in [1.54, 1.807) is 0 Å². The van der Waals surface area contributed by atoms with Crippen LogP contribution in [0.3, 0.4) is 0 Å².